The molecule has 0 aliphatic heterocycles. The highest BCUT2D eigenvalue weighted by Gasteiger charge is 2.63. The molecule has 0 aromatic heterocycles. The molecule has 0 N–H and O–H groups in total. The summed E-state index contributed by atoms with van der Waals surface area (Å²) in [5, 5.41) is 0. The molecule has 3 saturated carbocycles. The molecule has 68 valence electrons. The van der Waals surface area contributed by atoms with Gasteiger partial charge in [-0.3, -0.25) is 0 Å². The zero-order valence-electron chi connectivity index (χ0n) is 8.07. The van der Waals surface area contributed by atoms with Crippen LogP contribution in [-0.4, -0.2) is 0 Å². The van der Waals surface area contributed by atoms with Gasteiger partial charge in [0.15, 0.2) is 0 Å². The van der Waals surface area contributed by atoms with Gasteiger partial charge in [0.25, 0.3) is 0 Å². The molecule has 3 rings (SSSR count). The Kier molecular flexibility index (Phi) is 1.40. The maximum absolute atomic E-state index is 1.59. The quantitative estimate of drug-likeness (QED) is 0.509. The molecular formula is C12H20. The largest absolute Gasteiger partial charge is 0.0533 e. The number of rotatable bonds is 0. The molecule has 0 saturated heterocycles. The van der Waals surface area contributed by atoms with Gasteiger partial charge in [0.2, 0.25) is 0 Å². The molecule has 3 fully saturated rings. The fraction of sp³-hybridized carbons (Fsp3) is 1.00. The van der Waals surface area contributed by atoms with Crippen LogP contribution in [0.5, 0.6) is 0 Å². The summed E-state index contributed by atoms with van der Waals surface area (Å²) in [5.41, 5.74) is 1.82. The Morgan fingerprint density at radius 3 is 1.17 bits per heavy atom. The van der Waals surface area contributed by atoms with Crippen LogP contribution in [0.4, 0.5) is 0 Å². The third kappa shape index (κ3) is 0.900. The summed E-state index contributed by atoms with van der Waals surface area (Å²) in [7, 11) is 0. The van der Waals surface area contributed by atoms with Crippen molar-refractivity contribution in [1.82, 2.24) is 0 Å². The molecule has 12 heavy (non-hydrogen) atoms. The van der Waals surface area contributed by atoms with Crippen molar-refractivity contribution in [2.24, 2.45) is 10.8 Å². The first kappa shape index (κ1) is 7.41. The van der Waals surface area contributed by atoms with E-state index in [1.807, 2.05) is 0 Å². The Morgan fingerprint density at radius 1 is 0.417 bits per heavy atom. The van der Waals surface area contributed by atoms with E-state index in [9.17, 15) is 0 Å². The Bertz CT molecular complexity index is 162. The molecule has 2 spiro atoms. The van der Waals surface area contributed by atoms with Crippen LogP contribution in [0.25, 0.3) is 0 Å². The van der Waals surface area contributed by atoms with Crippen molar-refractivity contribution in [3.8, 4) is 0 Å². The molecule has 0 unspecified atom stereocenters. The van der Waals surface area contributed by atoms with Crippen LogP contribution < -0.4 is 0 Å². The highest BCUT2D eigenvalue weighted by atomic mass is 14.7. The minimum absolute atomic E-state index is 0.910. The van der Waals surface area contributed by atoms with Crippen LogP contribution in [-0.2, 0) is 0 Å². The van der Waals surface area contributed by atoms with Crippen molar-refractivity contribution in [1.29, 1.82) is 0 Å². The molecule has 3 aliphatic carbocycles. The zero-order valence-corrected chi connectivity index (χ0v) is 8.07. The van der Waals surface area contributed by atoms with Crippen LogP contribution in [0.2, 0.25) is 0 Å². The second-order valence-corrected chi connectivity index (χ2v) is 5.47. The van der Waals surface area contributed by atoms with Crippen molar-refractivity contribution < 1.29 is 0 Å². The maximum atomic E-state index is 1.59. The molecule has 0 nitrogen and oxygen atoms in total. The second kappa shape index (κ2) is 2.27. The minimum atomic E-state index is 0.910. The van der Waals surface area contributed by atoms with Gasteiger partial charge in [-0.15, -0.1) is 0 Å². The van der Waals surface area contributed by atoms with Crippen LogP contribution in [0.1, 0.15) is 64.2 Å². The smallest absolute Gasteiger partial charge is 0.0241 e. The Morgan fingerprint density at radius 2 is 0.833 bits per heavy atom. The second-order valence-electron chi connectivity index (χ2n) is 5.47. The minimum Gasteiger partial charge on any atom is -0.0533 e. The van der Waals surface area contributed by atoms with Gasteiger partial charge in [0, 0.05) is 0 Å². The predicted octanol–water partition coefficient (Wildman–Crippen LogP) is 3.90. The first-order chi connectivity index (χ1) is 5.87. The lowest BCUT2D eigenvalue weighted by molar-refractivity contribution is 0.213. The van der Waals surface area contributed by atoms with Crippen LogP contribution in [0.15, 0.2) is 0 Å². The van der Waals surface area contributed by atoms with Crippen molar-refractivity contribution in [3.63, 3.8) is 0 Å². The van der Waals surface area contributed by atoms with E-state index in [4.69, 9.17) is 0 Å². The third-order valence-corrected chi connectivity index (χ3v) is 4.89. The lowest BCUT2D eigenvalue weighted by Crippen LogP contribution is -2.19. The van der Waals surface area contributed by atoms with Crippen molar-refractivity contribution in [2.45, 2.75) is 64.2 Å². The number of hydrogen-bond acceptors (Lipinski definition) is 0. The number of hydrogen-bond donors (Lipinski definition) is 0. The third-order valence-electron chi connectivity index (χ3n) is 4.89. The summed E-state index contributed by atoms with van der Waals surface area (Å²) in [6.07, 6.45) is 15.7. The molecule has 0 bridgehead atoms. The summed E-state index contributed by atoms with van der Waals surface area (Å²) >= 11 is 0. The van der Waals surface area contributed by atoms with E-state index in [0.717, 1.165) is 10.8 Å². The molecular weight excluding hydrogens is 144 g/mol. The van der Waals surface area contributed by atoms with E-state index in [2.05, 4.69) is 0 Å². The lowest BCUT2D eigenvalue weighted by Gasteiger charge is -2.29. The van der Waals surface area contributed by atoms with Gasteiger partial charge in [0.1, 0.15) is 0 Å². The van der Waals surface area contributed by atoms with E-state index >= 15 is 0 Å². The highest BCUT2D eigenvalue weighted by molar-refractivity contribution is 5.14. The first-order valence-electron chi connectivity index (χ1n) is 5.87. The molecule has 0 heterocycles. The molecule has 0 atom stereocenters. The van der Waals surface area contributed by atoms with Crippen LogP contribution in [0.3, 0.4) is 0 Å². The summed E-state index contributed by atoms with van der Waals surface area (Å²) in [6.45, 7) is 0. The fourth-order valence-corrected chi connectivity index (χ4v) is 3.67. The summed E-state index contributed by atoms with van der Waals surface area (Å²) < 4.78 is 0. The summed E-state index contributed by atoms with van der Waals surface area (Å²) in [5.74, 6) is 0. The Labute approximate surface area is 75.7 Å². The van der Waals surface area contributed by atoms with Crippen molar-refractivity contribution in [2.75, 3.05) is 0 Å². The molecule has 3 aliphatic rings. The predicted molar refractivity (Wildman–Crippen MR) is 51.0 cm³/mol. The first-order valence-corrected chi connectivity index (χ1v) is 5.87. The lowest BCUT2D eigenvalue weighted by atomic mass is 9.76. The molecule has 0 aromatic rings. The zero-order chi connectivity index (χ0) is 8.07. The average molecular weight is 164 g/mol. The number of fused-ring (bicyclic) bond motifs is 1. The van der Waals surface area contributed by atoms with Gasteiger partial charge in [-0.05, 0) is 49.4 Å². The van der Waals surface area contributed by atoms with E-state index in [1.165, 1.54) is 12.8 Å². The molecule has 0 aromatic carbocycles. The summed E-state index contributed by atoms with van der Waals surface area (Å²) in [6, 6.07) is 0. The maximum Gasteiger partial charge on any atom is -0.0241 e. The van der Waals surface area contributed by atoms with Crippen LogP contribution >= 0.6 is 0 Å². The SMILES string of the molecule is C1CCCC2(CC2)C2(CC1)CC2. The fourth-order valence-electron chi connectivity index (χ4n) is 3.67. The van der Waals surface area contributed by atoms with Gasteiger partial charge in [-0.1, -0.05) is 25.7 Å². The van der Waals surface area contributed by atoms with E-state index < -0.39 is 0 Å². The average Bonchev–Trinajstić information content (AvgIpc) is 2.90. The van der Waals surface area contributed by atoms with E-state index in [0.29, 0.717) is 0 Å². The molecule has 0 radical (unpaired) electrons. The standard InChI is InChI=1S/C12H20/c1-2-4-6-12(9-10-12)11(5-3-1)7-8-11/h1-10H2. The van der Waals surface area contributed by atoms with Crippen LogP contribution in [0, 0.1) is 10.8 Å². The van der Waals surface area contributed by atoms with Crippen molar-refractivity contribution >= 4 is 0 Å². The van der Waals surface area contributed by atoms with Gasteiger partial charge in [-0.25, -0.2) is 0 Å². The van der Waals surface area contributed by atoms with E-state index in [-0.39, 0.29) is 0 Å². The Balaban J connectivity index is 1.79. The topological polar surface area (TPSA) is 0 Å². The normalized spacial score (nSPS) is 36.0. The molecule has 0 heteroatoms. The van der Waals surface area contributed by atoms with Gasteiger partial charge in [0.05, 0.1) is 0 Å². The van der Waals surface area contributed by atoms with Gasteiger partial charge >= 0.3 is 0 Å². The molecule has 0 amide bonds. The monoisotopic (exact) mass is 164 g/mol. The summed E-state index contributed by atoms with van der Waals surface area (Å²) in [4.78, 5) is 0. The van der Waals surface area contributed by atoms with Gasteiger partial charge in [-0.2, -0.15) is 0 Å². The van der Waals surface area contributed by atoms with E-state index in [1.54, 1.807) is 51.4 Å². The van der Waals surface area contributed by atoms with Gasteiger partial charge < -0.3 is 0 Å². The highest BCUT2D eigenvalue weighted by Crippen LogP contribution is 2.74. The van der Waals surface area contributed by atoms with Crippen molar-refractivity contribution in [3.05, 3.63) is 0 Å². The Hall–Kier alpha value is 0.